The van der Waals surface area contributed by atoms with Gasteiger partial charge in [0, 0.05) is 17.8 Å². The molecule has 0 aliphatic carbocycles. The summed E-state index contributed by atoms with van der Waals surface area (Å²) in [5, 5.41) is 4.38. The maximum Gasteiger partial charge on any atom is 0.254 e. The molecule has 0 amide bonds. The molecule has 6 heteroatoms. The van der Waals surface area contributed by atoms with E-state index in [1.165, 1.54) is 5.56 Å². The summed E-state index contributed by atoms with van der Waals surface area (Å²) in [6.45, 7) is 8.51. The van der Waals surface area contributed by atoms with Crippen LogP contribution in [0.25, 0.3) is 5.78 Å². The third-order valence-electron chi connectivity index (χ3n) is 4.83. The zero-order valence-corrected chi connectivity index (χ0v) is 14.2. The number of benzene rings is 1. The summed E-state index contributed by atoms with van der Waals surface area (Å²) in [5.41, 5.74) is 2.95. The molecule has 3 aromatic rings. The Morgan fingerprint density at radius 2 is 1.96 bits per heavy atom. The number of ether oxygens (including phenoxy) is 1. The van der Waals surface area contributed by atoms with Crippen molar-refractivity contribution < 1.29 is 4.74 Å². The SMILES string of the molecule is Cc1nc2ncnn2c(N2CCOC(C)(c3ccccc3)C2)c1C. The minimum absolute atomic E-state index is 0.351. The van der Waals surface area contributed by atoms with Crippen LogP contribution in [0.5, 0.6) is 0 Å². The summed E-state index contributed by atoms with van der Waals surface area (Å²) >= 11 is 0. The van der Waals surface area contributed by atoms with E-state index in [1.807, 2.05) is 17.5 Å². The maximum atomic E-state index is 6.16. The molecule has 0 N–H and O–H groups in total. The van der Waals surface area contributed by atoms with Gasteiger partial charge in [-0.2, -0.15) is 14.6 Å². The van der Waals surface area contributed by atoms with E-state index in [4.69, 9.17) is 4.74 Å². The van der Waals surface area contributed by atoms with Crippen LogP contribution in [0.15, 0.2) is 36.7 Å². The zero-order valence-electron chi connectivity index (χ0n) is 14.2. The second-order valence-corrected chi connectivity index (χ2v) is 6.48. The summed E-state index contributed by atoms with van der Waals surface area (Å²) in [4.78, 5) is 11.1. The van der Waals surface area contributed by atoms with E-state index in [9.17, 15) is 0 Å². The molecule has 0 spiro atoms. The van der Waals surface area contributed by atoms with Crippen molar-refractivity contribution in [3.05, 3.63) is 53.5 Å². The summed E-state index contributed by atoms with van der Waals surface area (Å²) < 4.78 is 8.00. The quantitative estimate of drug-likeness (QED) is 0.725. The molecule has 1 aliphatic rings. The molecule has 1 saturated heterocycles. The first-order valence-corrected chi connectivity index (χ1v) is 8.20. The van der Waals surface area contributed by atoms with Crippen molar-refractivity contribution in [3.63, 3.8) is 0 Å². The zero-order chi connectivity index (χ0) is 16.7. The highest BCUT2D eigenvalue weighted by atomic mass is 16.5. The van der Waals surface area contributed by atoms with Crippen LogP contribution < -0.4 is 4.90 Å². The summed E-state index contributed by atoms with van der Waals surface area (Å²) in [6, 6.07) is 10.4. The summed E-state index contributed by atoms with van der Waals surface area (Å²) in [6.07, 6.45) is 1.56. The molecule has 1 unspecified atom stereocenters. The molecular weight excluding hydrogens is 302 g/mol. The standard InChI is InChI=1S/C18H21N5O/c1-13-14(2)21-17-19-12-20-23(17)16(13)22-9-10-24-18(3,11-22)15-7-5-4-6-8-15/h4-8,12H,9-11H2,1-3H3. The van der Waals surface area contributed by atoms with Gasteiger partial charge in [0.15, 0.2) is 0 Å². The lowest BCUT2D eigenvalue weighted by atomic mass is 9.93. The van der Waals surface area contributed by atoms with Crippen molar-refractivity contribution in [2.75, 3.05) is 24.6 Å². The first kappa shape index (κ1) is 15.1. The van der Waals surface area contributed by atoms with Crippen LogP contribution in [0.3, 0.4) is 0 Å². The Hall–Kier alpha value is -2.47. The van der Waals surface area contributed by atoms with Gasteiger partial charge in [0.25, 0.3) is 5.78 Å². The molecule has 1 aromatic carbocycles. The van der Waals surface area contributed by atoms with Crippen LogP contribution in [0, 0.1) is 13.8 Å². The van der Waals surface area contributed by atoms with Gasteiger partial charge in [0.1, 0.15) is 17.7 Å². The summed E-state index contributed by atoms with van der Waals surface area (Å²) in [5.74, 6) is 1.70. The minimum atomic E-state index is -0.351. The lowest BCUT2D eigenvalue weighted by molar-refractivity contribution is -0.0469. The van der Waals surface area contributed by atoms with E-state index in [-0.39, 0.29) is 5.60 Å². The number of anilines is 1. The Morgan fingerprint density at radius 3 is 2.75 bits per heavy atom. The van der Waals surface area contributed by atoms with Crippen LogP contribution >= 0.6 is 0 Å². The number of morpholine rings is 1. The highest BCUT2D eigenvalue weighted by molar-refractivity contribution is 5.54. The number of hydrogen-bond donors (Lipinski definition) is 0. The lowest BCUT2D eigenvalue weighted by Crippen LogP contribution is -2.49. The molecule has 24 heavy (non-hydrogen) atoms. The van der Waals surface area contributed by atoms with Crippen molar-refractivity contribution >= 4 is 11.6 Å². The predicted octanol–water partition coefficient (Wildman–Crippen LogP) is 2.49. The van der Waals surface area contributed by atoms with Crippen LogP contribution in [0.1, 0.15) is 23.7 Å². The molecule has 1 aliphatic heterocycles. The Labute approximate surface area is 141 Å². The predicted molar refractivity (Wildman–Crippen MR) is 92.2 cm³/mol. The molecule has 2 aromatic heterocycles. The van der Waals surface area contributed by atoms with E-state index in [2.05, 4.69) is 58.1 Å². The van der Waals surface area contributed by atoms with Crippen molar-refractivity contribution in [1.29, 1.82) is 0 Å². The molecular formula is C18H21N5O. The molecule has 0 saturated carbocycles. The fraction of sp³-hybridized carbons (Fsp3) is 0.389. The Bertz CT molecular complexity index is 876. The number of nitrogens with zero attached hydrogens (tertiary/aromatic N) is 5. The average Bonchev–Trinajstić information content (AvgIpc) is 3.04. The van der Waals surface area contributed by atoms with Crippen LogP contribution in [0.4, 0.5) is 5.82 Å². The van der Waals surface area contributed by atoms with Gasteiger partial charge in [-0.15, -0.1) is 0 Å². The molecule has 0 radical (unpaired) electrons. The van der Waals surface area contributed by atoms with E-state index in [0.29, 0.717) is 12.4 Å². The van der Waals surface area contributed by atoms with Gasteiger partial charge in [-0.3, -0.25) is 0 Å². The topological polar surface area (TPSA) is 55.5 Å². The number of fused-ring (bicyclic) bond motifs is 1. The van der Waals surface area contributed by atoms with Gasteiger partial charge < -0.3 is 9.64 Å². The monoisotopic (exact) mass is 323 g/mol. The van der Waals surface area contributed by atoms with Crippen LogP contribution in [-0.2, 0) is 10.3 Å². The second kappa shape index (κ2) is 5.56. The molecule has 3 heterocycles. The van der Waals surface area contributed by atoms with Gasteiger partial charge in [-0.25, -0.2) is 4.98 Å². The highest BCUT2D eigenvalue weighted by Crippen LogP contribution is 2.33. The third-order valence-corrected chi connectivity index (χ3v) is 4.83. The normalized spacial score (nSPS) is 21.4. The molecule has 6 nitrogen and oxygen atoms in total. The van der Waals surface area contributed by atoms with Crippen molar-refractivity contribution in [2.24, 2.45) is 0 Å². The van der Waals surface area contributed by atoms with E-state index in [1.54, 1.807) is 6.33 Å². The van der Waals surface area contributed by atoms with Gasteiger partial charge >= 0.3 is 0 Å². The van der Waals surface area contributed by atoms with Gasteiger partial charge in [0.2, 0.25) is 0 Å². The minimum Gasteiger partial charge on any atom is -0.367 e. The Kier molecular flexibility index (Phi) is 3.49. The number of aromatic nitrogens is 4. The van der Waals surface area contributed by atoms with E-state index < -0.39 is 0 Å². The summed E-state index contributed by atoms with van der Waals surface area (Å²) in [7, 11) is 0. The molecule has 0 bridgehead atoms. The third kappa shape index (κ3) is 2.34. The van der Waals surface area contributed by atoms with Crippen LogP contribution in [-0.4, -0.2) is 39.3 Å². The van der Waals surface area contributed by atoms with Gasteiger partial charge in [0.05, 0.1) is 13.2 Å². The molecule has 1 atom stereocenters. The van der Waals surface area contributed by atoms with Crippen molar-refractivity contribution in [1.82, 2.24) is 19.6 Å². The number of hydrogen-bond acceptors (Lipinski definition) is 5. The number of aryl methyl sites for hydroxylation is 1. The maximum absolute atomic E-state index is 6.16. The van der Waals surface area contributed by atoms with Crippen LogP contribution in [0.2, 0.25) is 0 Å². The lowest BCUT2D eigenvalue weighted by Gasteiger charge is -2.42. The second-order valence-electron chi connectivity index (χ2n) is 6.48. The van der Waals surface area contributed by atoms with Gasteiger partial charge in [-0.05, 0) is 26.3 Å². The smallest absolute Gasteiger partial charge is 0.254 e. The molecule has 1 fully saturated rings. The fourth-order valence-corrected chi connectivity index (χ4v) is 3.40. The number of rotatable bonds is 2. The largest absolute Gasteiger partial charge is 0.367 e. The Morgan fingerprint density at radius 1 is 1.17 bits per heavy atom. The first-order valence-electron chi connectivity index (χ1n) is 8.20. The average molecular weight is 323 g/mol. The fourth-order valence-electron chi connectivity index (χ4n) is 3.40. The van der Waals surface area contributed by atoms with Crippen molar-refractivity contribution in [2.45, 2.75) is 26.4 Å². The Balaban J connectivity index is 1.78. The van der Waals surface area contributed by atoms with Crippen molar-refractivity contribution in [3.8, 4) is 0 Å². The molecule has 4 rings (SSSR count). The molecule has 124 valence electrons. The first-order chi connectivity index (χ1) is 11.6. The highest BCUT2D eigenvalue weighted by Gasteiger charge is 2.35. The van der Waals surface area contributed by atoms with E-state index >= 15 is 0 Å². The van der Waals surface area contributed by atoms with Gasteiger partial charge in [-0.1, -0.05) is 30.3 Å². The van der Waals surface area contributed by atoms with E-state index in [0.717, 1.165) is 30.2 Å².